The zero-order chi connectivity index (χ0) is 16.3. The van der Waals surface area contributed by atoms with Crippen molar-refractivity contribution in [2.24, 2.45) is 0 Å². The summed E-state index contributed by atoms with van der Waals surface area (Å²) < 4.78 is 22.0. The van der Waals surface area contributed by atoms with Crippen LogP contribution in [-0.2, 0) is 0 Å². The minimum absolute atomic E-state index is 0.582. The first-order valence-electron chi connectivity index (χ1n) is 6.47. The minimum Gasteiger partial charge on any atom is -0.496 e. The van der Waals surface area contributed by atoms with E-state index in [0.717, 1.165) is 0 Å². The van der Waals surface area contributed by atoms with E-state index in [1.54, 1.807) is 28.4 Å². The second kappa shape index (κ2) is 7.07. The zero-order valence-corrected chi connectivity index (χ0v) is 14.6. The van der Waals surface area contributed by atoms with E-state index in [2.05, 4.69) is 25.3 Å². The highest BCUT2D eigenvalue weighted by Gasteiger charge is 2.24. The van der Waals surface area contributed by atoms with Crippen molar-refractivity contribution in [3.05, 3.63) is 24.3 Å². The molecule has 0 saturated carbocycles. The lowest BCUT2D eigenvalue weighted by Gasteiger charge is -2.20. The van der Waals surface area contributed by atoms with Gasteiger partial charge in [-0.25, -0.2) is 0 Å². The molecule has 0 heterocycles. The molecule has 0 aliphatic rings. The summed E-state index contributed by atoms with van der Waals surface area (Å²) in [6, 6.07) is 7.27. The van der Waals surface area contributed by atoms with Gasteiger partial charge in [-0.05, 0) is 24.3 Å². The predicted octanol–water partition coefficient (Wildman–Crippen LogP) is 3.97. The molecule has 0 aliphatic carbocycles. The number of benzene rings is 2. The van der Waals surface area contributed by atoms with Crippen molar-refractivity contribution < 1.29 is 18.9 Å². The SMILES string of the molecule is COc1ccc(S)c(OC)c1-c1c(OC)ccc(S)c1OC. The van der Waals surface area contributed by atoms with Gasteiger partial charge in [0.05, 0.1) is 39.6 Å². The number of ether oxygens (including phenoxy) is 4. The van der Waals surface area contributed by atoms with Crippen LogP contribution in [0.25, 0.3) is 11.1 Å². The van der Waals surface area contributed by atoms with Crippen molar-refractivity contribution in [2.45, 2.75) is 9.79 Å². The van der Waals surface area contributed by atoms with Crippen LogP contribution in [0.2, 0.25) is 0 Å². The van der Waals surface area contributed by atoms with E-state index in [1.807, 2.05) is 24.3 Å². The first kappa shape index (κ1) is 16.7. The Morgan fingerprint density at radius 1 is 0.591 bits per heavy atom. The zero-order valence-electron chi connectivity index (χ0n) is 12.8. The Hall–Kier alpha value is -1.66. The molecule has 0 aromatic heterocycles. The molecule has 0 unspecified atom stereocenters. The fraction of sp³-hybridized carbons (Fsp3) is 0.250. The molecular weight excluding hydrogens is 320 g/mol. The number of thiol groups is 2. The molecule has 0 saturated heterocycles. The van der Waals surface area contributed by atoms with Gasteiger partial charge in [0.15, 0.2) is 0 Å². The Bertz CT molecular complexity index is 627. The number of hydrogen-bond donors (Lipinski definition) is 2. The summed E-state index contributed by atoms with van der Waals surface area (Å²) in [5, 5.41) is 0. The van der Waals surface area contributed by atoms with Gasteiger partial charge in [0.2, 0.25) is 0 Å². The van der Waals surface area contributed by atoms with E-state index in [0.29, 0.717) is 43.9 Å². The summed E-state index contributed by atoms with van der Waals surface area (Å²) in [6.45, 7) is 0. The molecule has 4 nitrogen and oxygen atoms in total. The van der Waals surface area contributed by atoms with Crippen molar-refractivity contribution in [3.8, 4) is 34.1 Å². The van der Waals surface area contributed by atoms with Gasteiger partial charge in [-0.2, -0.15) is 0 Å². The van der Waals surface area contributed by atoms with Crippen LogP contribution >= 0.6 is 25.3 Å². The summed E-state index contributed by atoms with van der Waals surface area (Å²) in [5.41, 5.74) is 1.42. The summed E-state index contributed by atoms with van der Waals surface area (Å²) in [5.74, 6) is 2.42. The van der Waals surface area contributed by atoms with Crippen molar-refractivity contribution in [1.29, 1.82) is 0 Å². The third-order valence-corrected chi connectivity index (χ3v) is 4.00. The average molecular weight is 338 g/mol. The number of rotatable bonds is 5. The van der Waals surface area contributed by atoms with Crippen LogP contribution in [0.15, 0.2) is 34.1 Å². The molecule has 0 N–H and O–H groups in total. The lowest BCUT2D eigenvalue weighted by Crippen LogP contribution is -1.99. The molecule has 0 atom stereocenters. The predicted molar refractivity (Wildman–Crippen MR) is 92.6 cm³/mol. The lowest BCUT2D eigenvalue weighted by atomic mass is 10.0. The fourth-order valence-electron chi connectivity index (χ4n) is 2.33. The van der Waals surface area contributed by atoms with E-state index in [4.69, 9.17) is 18.9 Å². The maximum atomic E-state index is 5.52. The molecule has 2 rings (SSSR count). The smallest absolute Gasteiger partial charge is 0.143 e. The molecule has 2 aromatic rings. The molecular formula is C16H18O4S2. The van der Waals surface area contributed by atoms with Crippen LogP contribution in [0.3, 0.4) is 0 Å². The molecule has 0 radical (unpaired) electrons. The minimum atomic E-state index is 0.582. The molecule has 0 aliphatic heterocycles. The standard InChI is InChI=1S/C16H18O4S2/c1-17-9-5-7-11(21)15(19-3)13(9)14-10(18-2)6-8-12(22)16(14)20-4/h5-8,21-22H,1-4H3. The van der Waals surface area contributed by atoms with Gasteiger partial charge in [0.1, 0.15) is 23.0 Å². The van der Waals surface area contributed by atoms with Gasteiger partial charge in [0, 0.05) is 9.79 Å². The van der Waals surface area contributed by atoms with Crippen molar-refractivity contribution in [3.63, 3.8) is 0 Å². The van der Waals surface area contributed by atoms with Crippen molar-refractivity contribution in [1.82, 2.24) is 0 Å². The van der Waals surface area contributed by atoms with Crippen molar-refractivity contribution >= 4 is 25.3 Å². The third kappa shape index (κ3) is 2.80. The first-order valence-corrected chi connectivity index (χ1v) is 7.36. The normalized spacial score (nSPS) is 10.3. The number of hydrogen-bond acceptors (Lipinski definition) is 6. The fourth-order valence-corrected chi connectivity index (χ4v) is 2.89. The molecule has 0 amide bonds. The Morgan fingerprint density at radius 2 is 0.955 bits per heavy atom. The molecule has 0 fully saturated rings. The summed E-state index contributed by atoms with van der Waals surface area (Å²) in [6.07, 6.45) is 0. The molecule has 0 spiro atoms. The van der Waals surface area contributed by atoms with E-state index in [9.17, 15) is 0 Å². The highest BCUT2D eigenvalue weighted by molar-refractivity contribution is 7.80. The topological polar surface area (TPSA) is 36.9 Å². The Kier molecular flexibility index (Phi) is 5.37. The maximum absolute atomic E-state index is 5.52. The van der Waals surface area contributed by atoms with Gasteiger partial charge >= 0.3 is 0 Å². The summed E-state index contributed by atoms with van der Waals surface area (Å²) in [4.78, 5) is 1.37. The monoisotopic (exact) mass is 338 g/mol. The van der Waals surface area contributed by atoms with Crippen LogP contribution in [0.5, 0.6) is 23.0 Å². The second-order valence-electron chi connectivity index (χ2n) is 4.39. The Morgan fingerprint density at radius 3 is 1.23 bits per heavy atom. The number of methoxy groups -OCH3 is 4. The largest absolute Gasteiger partial charge is 0.496 e. The van der Waals surface area contributed by atoms with Crippen LogP contribution < -0.4 is 18.9 Å². The average Bonchev–Trinajstić information content (AvgIpc) is 2.54. The molecule has 118 valence electrons. The maximum Gasteiger partial charge on any atom is 0.143 e. The Balaban J connectivity index is 2.92. The van der Waals surface area contributed by atoms with Crippen LogP contribution in [-0.4, -0.2) is 28.4 Å². The molecule has 6 heteroatoms. The highest BCUT2D eigenvalue weighted by Crippen LogP contribution is 2.51. The second-order valence-corrected chi connectivity index (χ2v) is 5.35. The van der Waals surface area contributed by atoms with Gasteiger partial charge in [-0.15, -0.1) is 25.3 Å². The molecule has 22 heavy (non-hydrogen) atoms. The van der Waals surface area contributed by atoms with Gasteiger partial charge < -0.3 is 18.9 Å². The van der Waals surface area contributed by atoms with Crippen LogP contribution in [0, 0.1) is 0 Å². The van der Waals surface area contributed by atoms with Gasteiger partial charge in [-0.1, -0.05) is 0 Å². The van der Waals surface area contributed by atoms with Crippen LogP contribution in [0.1, 0.15) is 0 Å². The van der Waals surface area contributed by atoms with Gasteiger partial charge in [-0.3, -0.25) is 0 Å². The lowest BCUT2D eigenvalue weighted by molar-refractivity contribution is 0.379. The van der Waals surface area contributed by atoms with E-state index >= 15 is 0 Å². The summed E-state index contributed by atoms with van der Waals surface area (Å²) >= 11 is 8.91. The van der Waals surface area contributed by atoms with Crippen LogP contribution in [0.4, 0.5) is 0 Å². The van der Waals surface area contributed by atoms with E-state index < -0.39 is 0 Å². The quantitative estimate of drug-likeness (QED) is 0.809. The third-order valence-electron chi connectivity index (χ3n) is 3.30. The first-order chi connectivity index (χ1) is 10.6. The van der Waals surface area contributed by atoms with E-state index in [-0.39, 0.29) is 0 Å². The van der Waals surface area contributed by atoms with Crippen molar-refractivity contribution in [2.75, 3.05) is 28.4 Å². The highest BCUT2D eigenvalue weighted by atomic mass is 32.1. The summed E-state index contributed by atoms with van der Waals surface area (Å²) in [7, 11) is 6.36. The van der Waals surface area contributed by atoms with E-state index in [1.165, 1.54) is 0 Å². The van der Waals surface area contributed by atoms with Gasteiger partial charge in [0.25, 0.3) is 0 Å². The molecule has 2 aromatic carbocycles. The molecule has 0 bridgehead atoms. The Labute approximate surface area is 141 Å².